The summed E-state index contributed by atoms with van der Waals surface area (Å²) in [7, 11) is 0. The van der Waals surface area contributed by atoms with Gasteiger partial charge in [0.1, 0.15) is 11.8 Å². The van der Waals surface area contributed by atoms with Crippen molar-refractivity contribution in [1.82, 2.24) is 20.1 Å². The van der Waals surface area contributed by atoms with Crippen LogP contribution >= 0.6 is 0 Å². The number of amides is 1. The molecule has 1 N–H and O–H groups in total. The molecule has 1 aliphatic heterocycles. The summed E-state index contributed by atoms with van der Waals surface area (Å²) in [6.45, 7) is 3.96. The summed E-state index contributed by atoms with van der Waals surface area (Å²) >= 11 is 0. The van der Waals surface area contributed by atoms with Crippen LogP contribution in [0.15, 0.2) is 24.4 Å². The summed E-state index contributed by atoms with van der Waals surface area (Å²) in [5.74, 6) is 0.615. The van der Waals surface area contributed by atoms with E-state index in [-0.39, 0.29) is 12.0 Å². The van der Waals surface area contributed by atoms with Crippen LogP contribution in [0.5, 0.6) is 0 Å². The summed E-state index contributed by atoms with van der Waals surface area (Å²) in [5.41, 5.74) is 3.48. The molecule has 2 aliphatic rings. The second kappa shape index (κ2) is 6.36. The summed E-state index contributed by atoms with van der Waals surface area (Å²) in [6, 6.07) is 5.44. The Morgan fingerprint density at radius 2 is 2.29 bits per heavy atom. The predicted octanol–water partition coefficient (Wildman–Crippen LogP) is 2.04. The number of nitrogens with one attached hydrogen (secondary N) is 1. The molecule has 4 rings (SSSR count). The Morgan fingerprint density at radius 1 is 1.42 bits per heavy atom. The number of fused-ring (bicyclic) bond motifs is 1. The van der Waals surface area contributed by atoms with E-state index in [0.29, 0.717) is 18.8 Å². The van der Waals surface area contributed by atoms with Crippen LogP contribution in [0, 0.1) is 12.8 Å². The van der Waals surface area contributed by atoms with Gasteiger partial charge in [0.25, 0.3) is 5.91 Å². The van der Waals surface area contributed by atoms with E-state index in [9.17, 15) is 4.79 Å². The standard InChI is InChI=1S/C18H22N4O2/c1-12-3-2-4-15(20-12)18(23)19-9-16-17-14(7-8-24-16)11-22(21-17)10-13-5-6-13/h2-4,11,13,16H,5-10H2,1H3,(H,19,23)/t16-/m1/s1. The first-order valence-corrected chi connectivity index (χ1v) is 8.59. The molecule has 24 heavy (non-hydrogen) atoms. The van der Waals surface area contributed by atoms with E-state index in [1.54, 1.807) is 6.07 Å². The highest BCUT2D eigenvalue weighted by atomic mass is 16.5. The van der Waals surface area contributed by atoms with E-state index < -0.39 is 0 Å². The average molecular weight is 326 g/mol. The molecule has 0 aromatic carbocycles. The summed E-state index contributed by atoms with van der Waals surface area (Å²) in [5, 5.41) is 7.63. The van der Waals surface area contributed by atoms with Crippen molar-refractivity contribution in [2.24, 2.45) is 5.92 Å². The highest BCUT2D eigenvalue weighted by molar-refractivity contribution is 5.92. The van der Waals surface area contributed by atoms with Crippen LogP contribution in [0.2, 0.25) is 0 Å². The molecular formula is C18H22N4O2. The maximum atomic E-state index is 12.3. The molecule has 0 spiro atoms. The normalized spacial score (nSPS) is 19.8. The van der Waals surface area contributed by atoms with Crippen molar-refractivity contribution in [3.05, 3.63) is 47.0 Å². The van der Waals surface area contributed by atoms with Crippen LogP contribution in [0.1, 0.15) is 46.4 Å². The zero-order valence-corrected chi connectivity index (χ0v) is 13.9. The lowest BCUT2D eigenvalue weighted by molar-refractivity contribution is 0.0382. The van der Waals surface area contributed by atoms with Gasteiger partial charge in [-0.25, -0.2) is 4.98 Å². The molecule has 1 amide bonds. The van der Waals surface area contributed by atoms with Crippen molar-refractivity contribution in [2.45, 2.75) is 38.8 Å². The van der Waals surface area contributed by atoms with Gasteiger partial charge < -0.3 is 10.1 Å². The van der Waals surface area contributed by atoms with E-state index >= 15 is 0 Å². The van der Waals surface area contributed by atoms with E-state index in [4.69, 9.17) is 9.84 Å². The van der Waals surface area contributed by atoms with Crippen LogP contribution < -0.4 is 5.32 Å². The van der Waals surface area contributed by atoms with Gasteiger partial charge in [-0.05, 0) is 49.8 Å². The SMILES string of the molecule is Cc1cccc(C(=O)NC[C@H]2OCCc3cn(CC4CC4)nc32)n1. The molecule has 2 aromatic rings. The Hall–Kier alpha value is -2.21. The molecule has 2 aromatic heterocycles. The molecule has 6 heteroatoms. The number of carbonyl (C=O) groups excluding carboxylic acids is 1. The number of aromatic nitrogens is 3. The van der Waals surface area contributed by atoms with Gasteiger partial charge in [-0.15, -0.1) is 0 Å². The second-order valence-corrected chi connectivity index (χ2v) is 6.69. The highest BCUT2D eigenvalue weighted by Crippen LogP contribution is 2.32. The third kappa shape index (κ3) is 3.33. The van der Waals surface area contributed by atoms with Crippen LogP contribution in [0.4, 0.5) is 0 Å². The number of carbonyl (C=O) groups is 1. The highest BCUT2D eigenvalue weighted by Gasteiger charge is 2.27. The van der Waals surface area contributed by atoms with E-state index in [1.165, 1.54) is 18.4 Å². The quantitative estimate of drug-likeness (QED) is 0.913. The fourth-order valence-corrected chi connectivity index (χ4v) is 3.09. The maximum absolute atomic E-state index is 12.3. The molecule has 1 aliphatic carbocycles. The van der Waals surface area contributed by atoms with Crippen LogP contribution in [0.3, 0.4) is 0 Å². The molecule has 0 bridgehead atoms. The van der Waals surface area contributed by atoms with Gasteiger partial charge >= 0.3 is 0 Å². The van der Waals surface area contributed by atoms with Gasteiger partial charge in [-0.3, -0.25) is 9.48 Å². The molecule has 1 fully saturated rings. The minimum Gasteiger partial charge on any atom is -0.370 e. The third-order valence-electron chi connectivity index (χ3n) is 4.58. The summed E-state index contributed by atoms with van der Waals surface area (Å²) in [6.07, 6.45) is 5.48. The zero-order chi connectivity index (χ0) is 16.5. The monoisotopic (exact) mass is 326 g/mol. The van der Waals surface area contributed by atoms with Crippen molar-refractivity contribution in [1.29, 1.82) is 0 Å². The van der Waals surface area contributed by atoms with E-state index in [2.05, 4.69) is 16.5 Å². The first kappa shape index (κ1) is 15.3. The van der Waals surface area contributed by atoms with E-state index in [1.807, 2.05) is 23.7 Å². The number of hydrogen-bond donors (Lipinski definition) is 1. The predicted molar refractivity (Wildman–Crippen MR) is 88.7 cm³/mol. The molecule has 1 saturated carbocycles. The van der Waals surface area contributed by atoms with Crippen LogP contribution in [0.25, 0.3) is 0 Å². The lowest BCUT2D eigenvalue weighted by atomic mass is 10.1. The van der Waals surface area contributed by atoms with Gasteiger partial charge in [0, 0.05) is 25.0 Å². The van der Waals surface area contributed by atoms with Crippen LogP contribution in [-0.2, 0) is 17.7 Å². The van der Waals surface area contributed by atoms with Gasteiger partial charge in [0.15, 0.2) is 0 Å². The number of hydrogen-bond acceptors (Lipinski definition) is 4. The minimum absolute atomic E-state index is 0.174. The Bertz CT molecular complexity index is 751. The molecule has 126 valence electrons. The van der Waals surface area contributed by atoms with E-state index in [0.717, 1.165) is 30.3 Å². The summed E-state index contributed by atoms with van der Waals surface area (Å²) in [4.78, 5) is 16.5. The number of nitrogens with zero attached hydrogens (tertiary/aromatic N) is 3. The third-order valence-corrected chi connectivity index (χ3v) is 4.58. The Balaban J connectivity index is 1.42. The molecule has 0 saturated heterocycles. The smallest absolute Gasteiger partial charge is 0.269 e. The fourth-order valence-electron chi connectivity index (χ4n) is 3.09. The molecule has 0 unspecified atom stereocenters. The number of pyridine rings is 1. The van der Waals surface area contributed by atoms with Crippen molar-refractivity contribution in [3.8, 4) is 0 Å². The topological polar surface area (TPSA) is 69.0 Å². The molecule has 6 nitrogen and oxygen atoms in total. The first-order chi connectivity index (χ1) is 11.7. The minimum atomic E-state index is -0.178. The Morgan fingerprint density at radius 3 is 3.08 bits per heavy atom. The van der Waals surface area contributed by atoms with Gasteiger partial charge in [0.05, 0.1) is 12.3 Å². The number of aryl methyl sites for hydroxylation is 1. The number of rotatable bonds is 5. The van der Waals surface area contributed by atoms with Crippen molar-refractivity contribution < 1.29 is 9.53 Å². The lowest BCUT2D eigenvalue weighted by Crippen LogP contribution is -2.32. The molecular weight excluding hydrogens is 304 g/mol. The van der Waals surface area contributed by atoms with Crippen molar-refractivity contribution in [2.75, 3.05) is 13.2 Å². The zero-order valence-electron chi connectivity index (χ0n) is 13.9. The molecule has 3 heterocycles. The number of ether oxygens (including phenoxy) is 1. The maximum Gasteiger partial charge on any atom is 0.269 e. The molecule has 1 atom stereocenters. The Labute approximate surface area is 141 Å². The fraction of sp³-hybridized carbons (Fsp3) is 0.500. The average Bonchev–Trinajstić information content (AvgIpc) is 3.29. The molecule has 0 radical (unpaired) electrons. The lowest BCUT2D eigenvalue weighted by Gasteiger charge is -2.22. The summed E-state index contributed by atoms with van der Waals surface area (Å²) < 4.78 is 7.89. The van der Waals surface area contributed by atoms with Gasteiger partial charge in [-0.1, -0.05) is 6.07 Å². The van der Waals surface area contributed by atoms with Gasteiger partial charge in [-0.2, -0.15) is 5.10 Å². The second-order valence-electron chi connectivity index (χ2n) is 6.69. The van der Waals surface area contributed by atoms with Crippen molar-refractivity contribution >= 4 is 5.91 Å². The van der Waals surface area contributed by atoms with Crippen molar-refractivity contribution in [3.63, 3.8) is 0 Å². The largest absolute Gasteiger partial charge is 0.370 e. The van der Waals surface area contributed by atoms with Crippen LogP contribution in [-0.4, -0.2) is 33.8 Å². The Kier molecular flexibility index (Phi) is 4.06. The first-order valence-electron chi connectivity index (χ1n) is 8.59. The van der Waals surface area contributed by atoms with Gasteiger partial charge in [0.2, 0.25) is 0 Å².